The first-order valence-corrected chi connectivity index (χ1v) is 7.95. The van der Waals surface area contributed by atoms with Gasteiger partial charge in [-0.25, -0.2) is 4.39 Å². The van der Waals surface area contributed by atoms with Crippen LogP contribution in [0.15, 0.2) is 46.9 Å². The molecular weight excluding hydrogens is 363 g/mol. The quantitative estimate of drug-likeness (QED) is 0.799. The first-order valence-electron chi connectivity index (χ1n) is 7.16. The monoisotopic (exact) mass is 378 g/mol. The number of carbonyl (C=O) groups is 2. The first kappa shape index (κ1) is 17.1. The topological polar surface area (TPSA) is 58.2 Å². The normalized spacial score (nSPS) is 10.2. The van der Waals surface area contributed by atoms with E-state index >= 15 is 0 Å². The third-order valence-electron chi connectivity index (χ3n) is 3.09. The summed E-state index contributed by atoms with van der Waals surface area (Å²) in [5, 5.41) is 5.25. The van der Waals surface area contributed by atoms with Gasteiger partial charge in [0.05, 0.1) is 5.69 Å². The Balaban J connectivity index is 2.04. The highest BCUT2D eigenvalue weighted by molar-refractivity contribution is 9.10. The van der Waals surface area contributed by atoms with E-state index in [1.165, 1.54) is 12.1 Å². The van der Waals surface area contributed by atoms with Crippen LogP contribution in [0.5, 0.6) is 0 Å². The lowest BCUT2D eigenvalue weighted by Crippen LogP contribution is -2.14. The van der Waals surface area contributed by atoms with Gasteiger partial charge in [0.15, 0.2) is 0 Å². The van der Waals surface area contributed by atoms with Gasteiger partial charge in [0.1, 0.15) is 5.82 Å². The Kier molecular flexibility index (Phi) is 5.87. The van der Waals surface area contributed by atoms with Gasteiger partial charge in [-0.2, -0.15) is 0 Å². The Bertz CT molecular complexity index is 717. The van der Waals surface area contributed by atoms with E-state index in [-0.39, 0.29) is 11.6 Å². The van der Waals surface area contributed by atoms with Gasteiger partial charge in [0, 0.05) is 22.1 Å². The van der Waals surface area contributed by atoms with E-state index in [9.17, 15) is 14.0 Å². The summed E-state index contributed by atoms with van der Waals surface area (Å²) in [5.41, 5.74) is 1.11. The molecule has 4 nitrogen and oxygen atoms in total. The predicted molar refractivity (Wildman–Crippen MR) is 92.0 cm³/mol. The molecule has 120 valence electrons. The van der Waals surface area contributed by atoms with Gasteiger partial charge >= 0.3 is 0 Å². The van der Waals surface area contributed by atoms with Gasteiger partial charge in [0.2, 0.25) is 5.91 Å². The number of amides is 2. The maximum Gasteiger partial charge on any atom is 0.255 e. The zero-order chi connectivity index (χ0) is 16.8. The number of carbonyl (C=O) groups excluding carboxylic acids is 2. The summed E-state index contributed by atoms with van der Waals surface area (Å²) in [4.78, 5) is 23.6. The van der Waals surface area contributed by atoms with E-state index in [0.29, 0.717) is 22.1 Å². The molecule has 0 spiro atoms. The smallest absolute Gasteiger partial charge is 0.255 e. The van der Waals surface area contributed by atoms with Crippen LogP contribution in [-0.2, 0) is 4.79 Å². The number of halogens is 2. The Labute approximate surface area is 142 Å². The second-order valence-corrected chi connectivity index (χ2v) is 5.87. The summed E-state index contributed by atoms with van der Waals surface area (Å²) < 4.78 is 14.3. The first-order chi connectivity index (χ1) is 11.0. The number of nitrogens with one attached hydrogen (secondary N) is 2. The van der Waals surface area contributed by atoms with Gasteiger partial charge in [-0.05, 0) is 48.9 Å². The average Bonchev–Trinajstić information content (AvgIpc) is 2.51. The Hall–Kier alpha value is -2.21. The molecular formula is C17H16BrFN2O2. The van der Waals surface area contributed by atoms with Crippen LogP contribution in [0.4, 0.5) is 15.8 Å². The van der Waals surface area contributed by atoms with Gasteiger partial charge in [-0.1, -0.05) is 22.9 Å². The second kappa shape index (κ2) is 7.87. The van der Waals surface area contributed by atoms with Crippen LogP contribution in [0, 0.1) is 5.82 Å². The average molecular weight is 379 g/mol. The molecule has 0 atom stereocenters. The fraction of sp³-hybridized carbons (Fsp3) is 0.176. The molecule has 0 aliphatic carbocycles. The van der Waals surface area contributed by atoms with E-state index in [1.807, 2.05) is 6.92 Å². The minimum atomic E-state index is -0.517. The molecule has 0 bridgehead atoms. The Morgan fingerprint density at radius 3 is 2.39 bits per heavy atom. The summed E-state index contributed by atoms with van der Waals surface area (Å²) in [6.45, 7) is 1.92. The van der Waals surface area contributed by atoms with E-state index in [2.05, 4.69) is 26.6 Å². The van der Waals surface area contributed by atoms with Crippen LogP contribution < -0.4 is 10.6 Å². The van der Waals surface area contributed by atoms with Crippen molar-refractivity contribution in [1.29, 1.82) is 0 Å². The standard InChI is InChI=1S/C17H16BrFN2O2/c1-2-3-16(22)20-13-7-4-11(5-8-13)17(23)21-15-9-6-12(18)10-14(15)19/h4-10H,2-3H2,1H3,(H,20,22)(H,21,23). The number of anilines is 2. The second-order valence-electron chi connectivity index (χ2n) is 4.95. The van der Waals surface area contributed by atoms with Crippen molar-refractivity contribution in [3.8, 4) is 0 Å². The van der Waals surface area contributed by atoms with Crippen LogP contribution in [0.25, 0.3) is 0 Å². The molecule has 2 N–H and O–H groups in total. The van der Waals surface area contributed by atoms with Crippen molar-refractivity contribution in [3.05, 3.63) is 58.3 Å². The fourth-order valence-corrected chi connectivity index (χ4v) is 2.27. The van der Waals surface area contributed by atoms with Gasteiger partial charge in [0.25, 0.3) is 5.91 Å². The third kappa shape index (κ3) is 4.89. The molecule has 0 fully saturated rings. The predicted octanol–water partition coefficient (Wildman–Crippen LogP) is 4.58. The molecule has 0 radical (unpaired) electrons. The molecule has 0 aromatic heterocycles. The summed E-state index contributed by atoms with van der Waals surface area (Å²) in [7, 11) is 0. The summed E-state index contributed by atoms with van der Waals surface area (Å²) >= 11 is 3.16. The molecule has 2 rings (SSSR count). The minimum Gasteiger partial charge on any atom is -0.326 e. The molecule has 2 aromatic carbocycles. The maximum atomic E-state index is 13.7. The molecule has 0 saturated heterocycles. The molecule has 2 aromatic rings. The molecule has 0 saturated carbocycles. The molecule has 0 heterocycles. The van der Waals surface area contributed by atoms with Crippen LogP contribution in [0.1, 0.15) is 30.1 Å². The van der Waals surface area contributed by atoms with Crippen molar-refractivity contribution >= 4 is 39.1 Å². The van der Waals surface area contributed by atoms with Crippen molar-refractivity contribution in [2.24, 2.45) is 0 Å². The highest BCUT2D eigenvalue weighted by Gasteiger charge is 2.10. The SMILES string of the molecule is CCCC(=O)Nc1ccc(C(=O)Nc2ccc(Br)cc2F)cc1. The highest BCUT2D eigenvalue weighted by Crippen LogP contribution is 2.20. The van der Waals surface area contributed by atoms with Crippen LogP contribution in [0.3, 0.4) is 0 Å². The minimum absolute atomic E-state index is 0.0679. The van der Waals surface area contributed by atoms with E-state index in [1.54, 1.807) is 30.3 Å². The largest absolute Gasteiger partial charge is 0.326 e. The molecule has 23 heavy (non-hydrogen) atoms. The summed E-state index contributed by atoms with van der Waals surface area (Å²) in [6.07, 6.45) is 1.22. The van der Waals surface area contributed by atoms with Crippen molar-refractivity contribution < 1.29 is 14.0 Å². The van der Waals surface area contributed by atoms with Crippen molar-refractivity contribution in [2.45, 2.75) is 19.8 Å². The molecule has 6 heteroatoms. The number of hydrogen-bond donors (Lipinski definition) is 2. The molecule has 0 unspecified atom stereocenters. The lowest BCUT2D eigenvalue weighted by atomic mass is 10.2. The number of rotatable bonds is 5. The number of hydrogen-bond acceptors (Lipinski definition) is 2. The van der Waals surface area contributed by atoms with Gasteiger partial charge in [-0.15, -0.1) is 0 Å². The molecule has 2 amide bonds. The molecule has 0 aliphatic rings. The van der Waals surface area contributed by atoms with Crippen LogP contribution in [-0.4, -0.2) is 11.8 Å². The lowest BCUT2D eigenvalue weighted by Gasteiger charge is -2.08. The van der Waals surface area contributed by atoms with Gasteiger partial charge < -0.3 is 10.6 Å². The van der Waals surface area contributed by atoms with Gasteiger partial charge in [-0.3, -0.25) is 9.59 Å². The highest BCUT2D eigenvalue weighted by atomic mass is 79.9. The lowest BCUT2D eigenvalue weighted by molar-refractivity contribution is -0.116. The van der Waals surface area contributed by atoms with Crippen molar-refractivity contribution in [3.63, 3.8) is 0 Å². The van der Waals surface area contributed by atoms with E-state index in [4.69, 9.17) is 0 Å². The van der Waals surface area contributed by atoms with Crippen molar-refractivity contribution in [1.82, 2.24) is 0 Å². The van der Waals surface area contributed by atoms with Crippen LogP contribution >= 0.6 is 15.9 Å². The third-order valence-corrected chi connectivity index (χ3v) is 3.58. The zero-order valence-corrected chi connectivity index (χ0v) is 14.1. The summed E-state index contributed by atoms with van der Waals surface area (Å²) in [5.74, 6) is -1.00. The maximum absolute atomic E-state index is 13.7. The molecule has 0 aliphatic heterocycles. The fourth-order valence-electron chi connectivity index (χ4n) is 1.94. The Morgan fingerprint density at radius 1 is 1.09 bits per heavy atom. The zero-order valence-electron chi connectivity index (χ0n) is 12.5. The van der Waals surface area contributed by atoms with Crippen LogP contribution in [0.2, 0.25) is 0 Å². The Morgan fingerprint density at radius 2 is 1.78 bits per heavy atom. The summed E-state index contributed by atoms with van der Waals surface area (Å²) in [6, 6.07) is 10.8. The van der Waals surface area contributed by atoms with Crippen molar-refractivity contribution in [2.75, 3.05) is 10.6 Å². The van der Waals surface area contributed by atoms with E-state index in [0.717, 1.165) is 6.42 Å². The number of benzene rings is 2. The van der Waals surface area contributed by atoms with E-state index < -0.39 is 11.7 Å².